The summed E-state index contributed by atoms with van der Waals surface area (Å²) in [6, 6.07) is 6.64. The predicted molar refractivity (Wildman–Crippen MR) is 75.1 cm³/mol. The van der Waals surface area contributed by atoms with E-state index in [4.69, 9.17) is 5.26 Å². The highest BCUT2D eigenvalue weighted by atomic mass is 32.2. The van der Waals surface area contributed by atoms with Crippen LogP contribution in [-0.4, -0.2) is 15.0 Å². The van der Waals surface area contributed by atoms with Crippen LogP contribution >= 0.6 is 0 Å². The van der Waals surface area contributed by atoms with Gasteiger partial charge in [0.2, 0.25) is 10.0 Å². The van der Waals surface area contributed by atoms with Gasteiger partial charge < -0.3 is 0 Å². The summed E-state index contributed by atoms with van der Waals surface area (Å²) in [5.41, 5.74) is 0.992. The van der Waals surface area contributed by atoms with Gasteiger partial charge in [-0.2, -0.15) is 5.26 Å². The fourth-order valence-corrected chi connectivity index (χ4v) is 2.93. The average molecular weight is 280 g/mol. The van der Waals surface area contributed by atoms with Gasteiger partial charge in [0, 0.05) is 6.54 Å². The highest BCUT2D eigenvalue weighted by Gasteiger charge is 2.19. The first kappa shape index (κ1) is 15.7. The fraction of sp³-hybridized carbons (Fsp3) is 0.500. The van der Waals surface area contributed by atoms with Gasteiger partial charge in [0.25, 0.3) is 0 Å². The van der Waals surface area contributed by atoms with Gasteiger partial charge in [0.1, 0.15) is 0 Å². The number of benzene rings is 1. The van der Waals surface area contributed by atoms with Crippen LogP contribution < -0.4 is 4.72 Å². The van der Waals surface area contributed by atoms with Crippen LogP contribution in [0.2, 0.25) is 0 Å². The molecule has 1 rings (SSSR count). The second-order valence-electron chi connectivity index (χ2n) is 5.17. The van der Waals surface area contributed by atoms with Crippen LogP contribution in [0.15, 0.2) is 23.1 Å². The number of hydrogen-bond donors (Lipinski definition) is 1. The lowest BCUT2D eigenvalue weighted by atomic mass is 9.99. The molecule has 0 aromatic heterocycles. The first-order chi connectivity index (χ1) is 8.77. The monoisotopic (exact) mass is 280 g/mol. The molecule has 4 nitrogen and oxygen atoms in total. The van der Waals surface area contributed by atoms with Gasteiger partial charge in [-0.25, -0.2) is 13.1 Å². The lowest BCUT2D eigenvalue weighted by Crippen LogP contribution is -2.30. The molecule has 5 heteroatoms. The summed E-state index contributed by atoms with van der Waals surface area (Å²) in [6.07, 6.45) is 0. The third-order valence-electron chi connectivity index (χ3n) is 3.34. The Labute approximate surface area is 115 Å². The molecule has 0 bridgehead atoms. The summed E-state index contributed by atoms with van der Waals surface area (Å²) >= 11 is 0. The highest BCUT2D eigenvalue weighted by molar-refractivity contribution is 7.89. The second-order valence-corrected chi connectivity index (χ2v) is 6.90. The Morgan fingerprint density at radius 2 is 1.95 bits per heavy atom. The largest absolute Gasteiger partial charge is 0.240 e. The van der Waals surface area contributed by atoms with Crippen molar-refractivity contribution in [1.29, 1.82) is 5.26 Å². The number of aryl methyl sites for hydroxylation is 1. The maximum Gasteiger partial charge on any atom is 0.240 e. The molecule has 0 aliphatic carbocycles. The normalized spacial score (nSPS) is 13.3. The van der Waals surface area contributed by atoms with E-state index in [0.717, 1.165) is 0 Å². The van der Waals surface area contributed by atoms with E-state index >= 15 is 0 Å². The van der Waals surface area contributed by atoms with Crippen LogP contribution in [-0.2, 0) is 10.0 Å². The molecule has 0 amide bonds. The van der Waals surface area contributed by atoms with Gasteiger partial charge in [0.15, 0.2) is 0 Å². The van der Waals surface area contributed by atoms with E-state index < -0.39 is 10.0 Å². The maximum absolute atomic E-state index is 12.2. The number of nitriles is 1. The van der Waals surface area contributed by atoms with E-state index in [-0.39, 0.29) is 10.8 Å². The summed E-state index contributed by atoms with van der Waals surface area (Å²) in [5, 5.41) is 8.84. The van der Waals surface area contributed by atoms with E-state index in [1.54, 1.807) is 19.1 Å². The van der Waals surface area contributed by atoms with Crippen LogP contribution in [0.1, 0.15) is 31.9 Å². The SMILES string of the molecule is Cc1ccc(C#N)cc1S(=O)(=O)NCC(C)C(C)C. The molecule has 0 saturated heterocycles. The van der Waals surface area contributed by atoms with Gasteiger partial charge in [-0.1, -0.05) is 26.8 Å². The Morgan fingerprint density at radius 1 is 1.32 bits per heavy atom. The first-order valence-electron chi connectivity index (χ1n) is 6.28. The van der Waals surface area contributed by atoms with Crippen LogP contribution in [0.5, 0.6) is 0 Å². The Hall–Kier alpha value is -1.38. The topological polar surface area (TPSA) is 70.0 Å². The number of rotatable bonds is 5. The number of hydrogen-bond acceptors (Lipinski definition) is 3. The van der Waals surface area contributed by atoms with Crippen molar-refractivity contribution in [3.63, 3.8) is 0 Å². The molecular weight excluding hydrogens is 260 g/mol. The first-order valence-corrected chi connectivity index (χ1v) is 7.76. The van der Waals surface area contributed by atoms with E-state index in [1.807, 2.05) is 13.0 Å². The molecule has 104 valence electrons. The molecule has 0 aliphatic rings. The summed E-state index contributed by atoms with van der Waals surface area (Å²) in [5.74, 6) is 0.670. The minimum Gasteiger partial charge on any atom is -0.211 e. The van der Waals surface area contributed by atoms with Gasteiger partial charge in [-0.05, 0) is 36.5 Å². The molecule has 0 fully saturated rings. The molecule has 1 unspecified atom stereocenters. The number of nitrogens with zero attached hydrogens (tertiary/aromatic N) is 1. The lowest BCUT2D eigenvalue weighted by molar-refractivity contribution is 0.414. The van der Waals surface area contributed by atoms with E-state index in [1.165, 1.54) is 6.07 Å². The Balaban J connectivity index is 2.98. The van der Waals surface area contributed by atoms with Gasteiger partial charge in [-0.3, -0.25) is 0 Å². The van der Waals surface area contributed by atoms with Crippen molar-refractivity contribution < 1.29 is 8.42 Å². The van der Waals surface area contributed by atoms with Crippen molar-refractivity contribution in [2.24, 2.45) is 11.8 Å². The second kappa shape index (κ2) is 6.18. The van der Waals surface area contributed by atoms with Crippen LogP contribution in [0.4, 0.5) is 0 Å². The van der Waals surface area contributed by atoms with Crippen molar-refractivity contribution in [3.05, 3.63) is 29.3 Å². The fourth-order valence-electron chi connectivity index (χ4n) is 1.51. The molecule has 0 radical (unpaired) electrons. The Morgan fingerprint density at radius 3 is 2.47 bits per heavy atom. The van der Waals surface area contributed by atoms with Crippen LogP contribution in [0, 0.1) is 30.1 Å². The summed E-state index contributed by atoms with van der Waals surface area (Å²) in [4.78, 5) is 0.183. The minimum absolute atomic E-state index is 0.183. The van der Waals surface area contributed by atoms with Crippen LogP contribution in [0.3, 0.4) is 0 Å². The van der Waals surface area contributed by atoms with Crippen LogP contribution in [0.25, 0.3) is 0 Å². The van der Waals surface area contributed by atoms with Crippen molar-refractivity contribution >= 4 is 10.0 Å². The molecule has 19 heavy (non-hydrogen) atoms. The zero-order valence-electron chi connectivity index (χ0n) is 11.8. The smallest absolute Gasteiger partial charge is 0.211 e. The zero-order chi connectivity index (χ0) is 14.6. The maximum atomic E-state index is 12.2. The molecular formula is C14H20N2O2S. The number of sulfonamides is 1. The zero-order valence-corrected chi connectivity index (χ0v) is 12.6. The molecule has 0 spiro atoms. The highest BCUT2D eigenvalue weighted by Crippen LogP contribution is 2.17. The summed E-state index contributed by atoms with van der Waals surface area (Å²) in [6.45, 7) is 8.24. The van der Waals surface area contributed by atoms with Gasteiger partial charge >= 0.3 is 0 Å². The van der Waals surface area contributed by atoms with E-state index in [0.29, 0.717) is 23.6 Å². The molecule has 1 atom stereocenters. The predicted octanol–water partition coefficient (Wildman–Crippen LogP) is 2.44. The molecule has 1 N–H and O–H groups in total. The molecule has 0 aliphatic heterocycles. The molecule has 0 saturated carbocycles. The van der Waals surface area contributed by atoms with E-state index in [2.05, 4.69) is 18.6 Å². The van der Waals surface area contributed by atoms with Crippen molar-refractivity contribution in [3.8, 4) is 6.07 Å². The quantitative estimate of drug-likeness (QED) is 0.900. The summed E-state index contributed by atoms with van der Waals surface area (Å²) < 4.78 is 27.1. The third kappa shape index (κ3) is 4.05. The molecule has 1 aromatic rings. The number of nitrogens with one attached hydrogen (secondary N) is 1. The van der Waals surface area contributed by atoms with Crippen molar-refractivity contribution in [2.75, 3.05) is 6.54 Å². The van der Waals surface area contributed by atoms with Gasteiger partial charge in [-0.15, -0.1) is 0 Å². The van der Waals surface area contributed by atoms with E-state index in [9.17, 15) is 8.42 Å². The third-order valence-corrected chi connectivity index (χ3v) is 4.91. The standard InChI is InChI=1S/C14H20N2O2S/c1-10(2)12(4)9-16-19(17,18)14-7-13(8-15)6-5-11(14)3/h5-7,10,12,16H,9H2,1-4H3. The lowest BCUT2D eigenvalue weighted by Gasteiger charge is -2.17. The van der Waals surface area contributed by atoms with Gasteiger partial charge in [0.05, 0.1) is 16.5 Å². The average Bonchev–Trinajstić information content (AvgIpc) is 2.36. The van der Waals surface area contributed by atoms with Crippen molar-refractivity contribution in [1.82, 2.24) is 4.72 Å². The summed E-state index contributed by atoms with van der Waals surface area (Å²) in [7, 11) is -3.55. The van der Waals surface area contributed by atoms with Crippen molar-refractivity contribution in [2.45, 2.75) is 32.6 Å². The minimum atomic E-state index is -3.55. The Bertz CT molecular complexity index is 586. The molecule has 1 aromatic carbocycles. The Kier molecular flexibility index (Phi) is 5.10. The molecule has 0 heterocycles.